The maximum absolute atomic E-state index is 14.2. The van der Waals surface area contributed by atoms with E-state index >= 15 is 0 Å². The minimum absolute atomic E-state index is 0.0515. The van der Waals surface area contributed by atoms with Crippen molar-refractivity contribution in [1.82, 2.24) is 0 Å². The van der Waals surface area contributed by atoms with Gasteiger partial charge in [-0.1, -0.05) is 13.0 Å². The number of hydrogen-bond donors (Lipinski definition) is 1. The molecule has 1 aromatic rings. The van der Waals surface area contributed by atoms with E-state index in [1.54, 1.807) is 13.0 Å². The number of carboxylic acids is 1. The maximum atomic E-state index is 14.2. The summed E-state index contributed by atoms with van der Waals surface area (Å²) < 4.78 is 19.1. The van der Waals surface area contributed by atoms with Crippen molar-refractivity contribution in [2.45, 2.75) is 31.6 Å². The van der Waals surface area contributed by atoms with E-state index in [-0.39, 0.29) is 12.2 Å². The first-order valence-electron chi connectivity index (χ1n) is 5.55. The molecular formula is C13H15FO3. The van der Waals surface area contributed by atoms with Crippen LogP contribution in [0.15, 0.2) is 12.1 Å². The first-order valence-corrected chi connectivity index (χ1v) is 5.55. The summed E-state index contributed by atoms with van der Waals surface area (Å²) in [5.41, 5.74) is 0.783. The molecule has 0 spiro atoms. The van der Waals surface area contributed by atoms with E-state index in [0.29, 0.717) is 12.0 Å². The van der Waals surface area contributed by atoms with Gasteiger partial charge in [0.25, 0.3) is 0 Å². The SMILES string of the molecule is COc1ccc2c(c1F)C(C)(CC(=O)O)CC2. The van der Waals surface area contributed by atoms with E-state index in [1.807, 2.05) is 6.07 Å². The van der Waals surface area contributed by atoms with Crippen molar-refractivity contribution in [2.75, 3.05) is 7.11 Å². The van der Waals surface area contributed by atoms with Crippen molar-refractivity contribution in [3.05, 3.63) is 29.1 Å². The predicted molar refractivity (Wildman–Crippen MR) is 60.9 cm³/mol. The van der Waals surface area contributed by atoms with Crippen LogP contribution in [-0.4, -0.2) is 18.2 Å². The minimum Gasteiger partial charge on any atom is -0.494 e. The molecule has 0 aromatic heterocycles. The second kappa shape index (κ2) is 4.02. The van der Waals surface area contributed by atoms with Crippen LogP contribution in [0.1, 0.15) is 30.9 Å². The Morgan fingerprint density at radius 2 is 2.29 bits per heavy atom. The average Bonchev–Trinajstić information content (AvgIpc) is 2.56. The number of benzene rings is 1. The summed E-state index contributed by atoms with van der Waals surface area (Å²) in [6.07, 6.45) is 1.34. The molecule has 2 rings (SSSR count). The molecule has 0 saturated heterocycles. The van der Waals surface area contributed by atoms with Crippen molar-refractivity contribution in [2.24, 2.45) is 0 Å². The number of methoxy groups -OCH3 is 1. The zero-order chi connectivity index (χ0) is 12.6. The molecule has 92 valence electrons. The molecule has 1 atom stereocenters. The minimum atomic E-state index is -0.900. The molecule has 17 heavy (non-hydrogen) atoms. The van der Waals surface area contributed by atoms with E-state index in [9.17, 15) is 9.18 Å². The van der Waals surface area contributed by atoms with E-state index in [4.69, 9.17) is 9.84 Å². The van der Waals surface area contributed by atoms with Gasteiger partial charge >= 0.3 is 5.97 Å². The second-order valence-corrected chi connectivity index (χ2v) is 4.75. The van der Waals surface area contributed by atoms with Gasteiger partial charge in [-0.2, -0.15) is 0 Å². The van der Waals surface area contributed by atoms with Gasteiger partial charge in [-0.05, 0) is 24.5 Å². The van der Waals surface area contributed by atoms with Crippen LogP contribution >= 0.6 is 0 Å². The third-order valence-corrected chi connectivity index (χ3v) is 3.50. The molecule has 1 N–H and O–H groups in total. The molecule has 0 radical (unpaired) electrons. The number of ether oxygens (including phenoxy) is 1. The molecule has 0 saturated carbocycles. The molecule has 1 aliphatic carbocycles. The molecule has 0 aliphatic heterocycles. The zero-order valence-electron chi connectivity index (χ0n) is 9.92. The van der Waals surface area contributed by atoms with Gasteiger partial charge in [0.1, 0.15) is 0 Å². The van der Waals surface area contributed by atoms with E-state index in [2.05, 4.69) is 0 Å². The Labute approximate surface area is 99.2 Å². The van der Waals surface area contributed by atoms with E-state index in [1.165, 1.54) is 7.11 Å². The van der Waals surface area contributed by atoms with Gasteiger partial charge < -0.3 is 9.84 Å². The first-order chi connectivity index (χ1) is 7.98. The van der Waals surface area contributed by atoms with Gasteiger partial charge in [0, 0.05) is 11.0 Å². The zero-order valence-corrected chi connectivity index (χ0v) is 9.92. The number of carboxylic acid groups (broad SMARTS) is 1. The number of carbonyl (C=O) groups is 1. The molecule has 0 bridgehead atoms. The second-order valence-electron chi connectivity index (χ2n) is 4.75. The molecule has 3 nitrogen and oxygen atoms in total. The Balaban J connectivity index is 2.52. The van der Waals surface area contributed by atoms with Crippen molar-refractivity contribution < 1.29 is 19.0 Å². The molecular weight excluding hydrogens is 223 g/mol. The summed E-state index contributed by atoms with van der Waals surface area (Å²) in [6, 6.07) is 3.42. The highest BCUT2D eigenvalue weighted by molar-refractivity contribution is 5.70. The maximum Gasteiger partial charge on any atom is 0.304 e. The lowest BCUT2D eigenvalue weighted by molar-refractivity contribution is -0.138. The van der Waals surface area contributed by atoms with Gasteiger partial charge in [0.15, 0.2) is 11.6 Å². The van der Waals surface area contributed by atoms with Crippen LogP contribution in [0.25, 0.3) is 0 Å². The third-order valence-electron chi connectivity index (χ3n) is 3.50. The summed E-state index contributed by atoms with van der Waals surface area (Å²) in [4.78, 5) is 10.9. The van der Waals surface area contributed by atoms with Gasteiger partial charge in [-0.25, -0.2) is 4.39 Å². The summed E-state index contributed by atoms with van der Waals surface area (Å²) in [7, 11) is 1.41. The highest BCUT2D eigenvalue weighted by Gasteiger charge is 2.39. The van der Waals surface area contributed by atoms with Crippen LogP contribution in [0, 0.1) is 5.82 Å². The summed E-state index contributed by atoms with van der Waals surface area (Å²) in [5, 5.41) is 8.93. The highest BCUT2D eigenvalue weighted by Crippen LogP contribution is 2.44. The van der Waals surface area contributed by atoms with Gasteiger partial charge in [0.2, 0.25) is 0 Å². The molecule has 0 fully saturated rings. The number of halogens is 1. The fourth-order valence-corrected chi connectivity index (χ4v) is 2.66. The van der Waals surface area contributed by atoms with Crippen molar-refractivity contribution in [3.8, 4) is 5.75 Å². The average molecular weight is 238 g/mol. The fourth-order valence-electron chi connectivity index (χ4n) is 2.66. The lowest BCUT2D eigenvalue weighted by atomic mass is 9.80. The number of aryl methyl sites for hydroxylation is 1. The topological polar surface area (TPSA) is 46.5 Å². The number of rotatable bonds is 3. The Morgan fingerprint density at radius 1 is 1.59 bits per heavy atom. The van der Waals surface area contributed by atoms with E-state index < -0.39 is 17.2 Å². The first kappa shape index (κ1) is 11.9. The standard InChI is InChI=1S/C13H15FO3/c1-13(7-10(15)16)6-5-8-3-4-9(17-2)12(14)11(8)13/h3-4H,5-7H2,1-2H3,(H,15,16). The van der Waals surface area contributed by atoms with Crippen molar-refractivity contribution >= 4 is 5.97 Å². The molecule has 1 aromatic carbocycles. The number of aliphatic carboxylic acids is 1. The monoisotopic (exact) mass is 238 g/mol. The van der Waals surface area contributed by atoms with Crippen LogP contribution < -0.4 is 4.74 Å². The van der Waals surface area contributed by atoms with Crippen LogP contribution in [0.4, 0.5) is 4.39 Å². The van der Waals surface area contributed by atoms with Crippen LogP contribution in [0.2, 0.25) is 0 Å². The fraction of sp³-hybridized carbons (Fsp3) is 0.462. The van der Waals surface area contributed by atoms with Crippen LogP contribution in [0.3, 0.4) is 0 Å². The third kappa shape index (κ3) is 1.88. The van der Waals surface area contributed by atoms with Gasteiger partial charge in [0.05, 0.1) is 13.5 Å². The lowest BCUT2D eigenvalue weighted by Gasteiger charge is -2.24. The molecule has 0 amide bonds. The summed E-state index contributed by atoms with van der Waals surface area (Å²) in [6.45, 7) is 1.80. The largest absolute Gasteiger partial charge is 0.494 e. The quantitative estimate of drug-likeness (QED) is 0.880. The highest BCUT2D eigenvalue weighted by atomic mass is 19.1. The van der Waals surface area contributed by atoms with Gasteiger partial charge in [-0.3, -0.25) is 4.79 Å². The Bertz CT molecular complexity index is 470. The normalized spacial score (nSPS) is 22.3. The molecule has 1 aliphatic rings. The molecule has 4 heteroatoms. The Kier molecular flexibility index (Phi) is 2.81. The van der Waals surface area contributed by atoms with E-state index in [0.717, 1.165) is 12.0 Å². The number of hydrogen-bond acceptors (Lipinski definition) is 2. The Hall–Kier alpha value is -1.58. The Morgan fingerprint density at radius 3 is 2.88 bits per heavy atom. The van der Waals surface area contributed by atoms with Crippen LogP contribution in [0.5, 0.6) is 5.75 Å². The van der Waals surface area contributed by atoms with Crippen molar-refractivity contribution in [3.63, 3.8) is 0 Å². The van der Waals surface area contributed by atoms with Crippen molar-refractivity contribution in [1.29, 1.82) is 0 Å². The lowest BCUT2D eigenvalue weighted by Crippen LogP contribution is -2.24. The summed E-state index contributed by atoms with van der Waals surface area (Å²) in [5.74, 6) is -1.13. The number of fused-ring (bicyclic) bond motifs is 1. The smallest absolute Gasteiger partial charge is 0.304 e. The summed E-state index contributed by atoms with van der Waals surface area (Å²) >= 11 is 0. The van der Waals surface area contributed by atoms with Gasteiger partial charge in [-0.15, -0.1) is 0 Å². The molecule has 0 heterocycles. The molecule has 1 unspecified atom stereocenters. The predicted octanol–water partition coefficient (Wildman–Crippen LogP) is 2.51. The van der Waals surface area contributed by atoms with Crippen LogP contribution in [-0.2, 0) is 16.6 Å².